The molecule has 0 aliphatic rings. The molecular formula is C16H15F2NO3. The molecule has 0 aliphatic heterocycles. The van der Waals surface area contributed by atoms with Gasteiger partial charge in [0.05, 0.1) is 7.11 Å². The second kappa shape index (κ2) is 7.00. The number of hydrogen-bond acceptors (Lipinski definition) is 4. The molecule has 0 aliphatic carbocycles. The average Bonchev–Trinajstić information content (AvgIpc) is 2.52. The van der Waals surface area contributed by atoms with Crippen molar-refractivity contribution in [3.05, 3.63) is 59.7 Å². The summed E-state index contributed by atoms with van der Waals surface area (Å²) in [6, 6.07) is 9.34. The molecule has 2 aromatic carbocycles. The smallest absolute Gasteiger partial charge is 0.322 e. The van der Waals surface area contributed by atoms with Gasteiger partial charge in [-0.25, -0.2) is 8.78 Å². The number of ether oxygens (including phenoxy) is 2. The van der Waals surface area contributed by atoms with Crippen LogP contribution in [0, 0.1) is 11.6 Å². The molecule has 0 heterocycles. The largest absolute Gasteiger partial charge is 0.468 e. The highest BCUT2D eigenvalue weighted by Crippen LogP contribution is 2.23. The van der Waals surface area contributed by atoms with Crippen molar-refractivity contribution in [2.24, 2.45) is 5.73 Å². The van der Waals surface area contributed by atoms with E-state index in [1.54, 1.807) is 24.3 Å². The maximum Gasteiger partial charge on any atom is 0.322 e. The molecule has 0 amide bonds. The van der Waals surface area contributed by atoms with Gasteiger partial charge in [-0.05, 0) is 36.2 Å². The van der Waals surface area contributed by atoms with Crippen LogP contribution >= 0.6 is 0 Å². The summed E-state index contributed by atoms with van der Waals surface area (Å²) in [5.41, 5.74) is 6.50. The third kappa shape index (κ3) is 4.02. The van der Waals surface area contributed by atoms with Crippen molar-refractivity contribution in [1.82, 2.24) is 0 Å². The summed E-state index contributed by atoms with van der Waals surface area (Å²) in [7, 11) is 1.28. The number of carbonyl (C=O) groups is 1. The predicted octanol–water partition coefficient (Wildman–Crippen LogP) is 2.80. The van der Waals surface area contributed by atoms with Crippen molar-refractivity contribution in [1.29, 1.82) is 0 Å². The van der Waals surface area contributed by atoms with E-state index in [0.29, 0.717) is 12.2 Å². The third-order valence-corrected chi connectivity index (χ3v) is 3.01. The monoisotopic (exact) mass is 307 g/mol. The first kappa shape index (κ1) is 15.9. The second-order valence-corrected chi connectivity index (χ2v) is 4.66. The Hall–Kier alpha value is -2.47. The molecule has 4 nitrogen and oxygen atoms in total. The molecule has 116 valence electrons. The van der Waals surface area contributed by atoms with Gasteiger partial charge in [-0.15, -0.1) is 0 Å². The molecule has 0 fully saturated rings. The fourth-order valence-corrected chi connectivity index (χ4v) is 1.86. The minimum atomic E-state index is -0.974. The van der Waals surface area contributed by atoms with Crippen LogP contribution in [0.25, 0.3) is 0 Å². The lowest BCUT2D eigenvalue weighted by Gasteiger charge is -2.10. The van der Waals surface area contributed by atoms with Crippen LogP contribution in [0.2, 0.25) is 0 Å². The summed E-state index contributed by atoms with van der Waals surface area (Å²) in [6.45, 7) is 0. The zero-order chi connectivity index (χ0) is 16.1. The van der Waals surface area contributed by atoms with Crippen LogP contribution in [-0.4, -0.2) is 19.1 Å². The van der Waals surface area contributed by atoms with E-state index in [2.05, 4.69) is 4.74 Å². The SMILES string of the molecule is COC(=O)C(N)Cc1ccc(Oc2ccc(F)c(F)c2)cc1. The van der Waals surface area contributed by atoms with Gasteiger partial charge in [0.2, 0.25) is 0 Å². The third-order valence-electron chi connectivity index (χ3n) is 3.01. The number of benzene rings is 2. The summed E-state index contributed by atoms with van der Waals surface area (Å²) in [6.07, 6.45) is 0.331. The van der Waals surface area contributed by atoms with Gasteiger partial charge in [-0.3, -0.25) is 4.79 Å². The van der Waals surface area contributed by atoms with E-state index in [1.165, 1.54) is 13.2 Å². The normalized spacial score (nSPS) is 11.8. The standard InChI is InChI=1S/C16H15F2NO3/c1-21-16(20)15(19)8-10-2-4-11(5-3-10)22-12-6-7-13(17)14(18)9-12/h2-7,9,15H,8,19H2,1H3. The van der Waals surface area contributed by atoms with E-state index in [0.717, 1.165) is 17.7 Å². The van der Waals surface area contributed by atoms with Crippen molar-refractivity contribution >= 4 is 5.97 Å². The molecule has 1 unspecified atom stereocenters. The highest BCUT2D eigenvalue weighted by molar-refractivity contribution is 5.75. The zero-order valence-electron chi connectivity index (χ0n) is 11.9. The fourth-order valence-electron chi connectivity index (χ4n) is 1.86. The van der Waals surface area contributed by atoms with Crippen molar-refractivity contribution in [2.45, 2.75) is 12.5 Å². The van der Waals surface area contributed by atoms with Gasteiger partial charge >= 0.3 is 5.97 Å². The van der Waals surface area contributed by atoms with Gasteiger partial charge in [-0.2, -0.15) is 0 Å². The predicted molar refractivity (Wildman–Crippen MR) is 76.6 cm³/mol. The van der Waals surface area contributed by atoms with E-state index in [1.807, 2.05) is 0 Å². The topological polar surface area (TPSA) is 61.5 Å². The molecule has 0 aromatic heterocycles. The van der Waals surface area contributed by atoms with Crippen molar-refractivity contribution in [2.75, 3.05) is 7.11 Å². The van der Waals surface area contributed by atoms with Crippen LogP contribution < -0.4 is 10.5 Å². The van der Waals surface area contributed by atoms with Crippen LogP contribution in [0.3, 0.4) is 0 Å². The molecule has 2 N–H and O–H groups in total. The Labute approximate surface area is 126 Å². The average molecular weight is 307 g/mol. The summed E-state index contributed by atoms with van der Waals surface area (Å²) >= 11 is 0. The molecule has 0 bridgehead atoms. The molecule has 2 aromatic rings. The Balaban J connectivity index is 2.02. The van der Waals surface area contributed by atoms with E-state index < -0.39 is 23.6 Å². The highest BCUT2D eigenvalue weighted by Gasteiger charge is 2.14. The lowest BCUT2D eigenvalue weighted by Crippen LogP contribution is -2.33. The molecular weight excluding hydrogens is 292 g/mol. The van der Waals surface area contributed by atoms with Gasteiger partial charge in [0.15, 0.2) is 11.6 Å². The van der Waals surface area contributed by atoms with Crippen LogP contribution in [-0.2, 0) is 16.0 Å². The van der Waals surface area contributed by atoms with Crippen LogP contribution in [0.4, 0.5) is 8.78 Å². The first-order chi connectivity index (χ1) is 10.5. The lowest BCUT2D eigenvalue weighted by molar-refractivity contribution is -0.142. The highest BCUT2D eigenvalue weighted by atomic mass is 19.2. The van der Waals surface area contributed by atoms with Crippen molar-refractivity contribution in [3.8, 4) is 11.5 Å². The molecule has 1 atom stereocenters. The van der Waals surface area contributed by atoms with E-state index in [4.69, 9.17) is 10.5 Å². The Bertz CT molecular complexity index is 659. The summed E-state index contributed by atoms with van der Waals surface area (Å²) < 4.78 is 35.9. The summed E-state index contributed by atoms with van der Waals surface area (Å²) in [5, 5.41) is 0. The molecule has 0 spiro atoms. The maximum absolute atomic E-state index is 13.1. The zero-order valence-corrected chi connectivity index (χ0v) is 11.9. The number of halogens is 2. The fraction of sp³-hybridized carbons (Fsp3) is 0.188. The van der Waals surface area contributed by atoms with Crippen LogP contribution in [0.15, 0.2) is 42.5 Å². The first-order valence-corrected chi connectivity index (χ1v) is 6.55. The molecule has 0 saturated carbocycles. The van der Waals surface area contributed by atoms with Gasteiger partial charge in [0.25, 0.3) is 0 Å². The number of hydrogen-bond donors (Lipinski definition) is 1. The summed E-state index contributed by atoms with van der Waals surface area (Å²) in [4.78, 5) is 11.2. The Morgan fingerprint density at radius 2 is 1.73 bits per heavy atom. The molecule has 0 saturated heterocycles. The lowest BCUT2D eigenvalue weighted by atomic mass is 10.1. The molecule has 22 heavy (non-hydrogen) atoms. The van der Waals surface area contributed by atoms with E-state index >= 15 is 0 Å². The minimum Gasteiger partial charge on any atom is -0.468 e. The Kier molecular flexibility index (Phi) is 5.06. The number of nitrogens with two attached hydrogens (primary N) is 1. The number of rotatable bonds is 5. The van der Waals surface area contributed by atoms with Gasteiger partial charge in [0, 0.05) is 6.07 Å². The molecule has 0 radical (unpaired) electrons. The molecule has 2 rings (SSSR count). The van der Waals surface area contributed by atoms with Gasteiger partial charge in [-0.1, -0.05) is 12.1 Å². The van der Waals surface area contributed by atoms with Gasteiger partial charge in [0.1, 0.15) is 17.5 Å². The van der Waals surface area contributed by atoms with Crippen LogP contribution in [0.5, 0.6) is 11.5 Å². The molecule has 6 heteroatoms. The minimum absolute atomic E-state index is 0.193. The summed E-state index contributed by atoms with van der Waals surface area (Å²) in [5.74, 6) is -1.74. The quantitative estimate of drug-likeness (QED) is 0.863. The Morgan fingerprint density at radius 3 is 2.32 bits per heavy atom. The number of methoxy groups -OCH3 is 1. The van der Waals surface area contributed by atoms with E-state index in [9.17, 15) is 13.6 Å². The number of carbonyl (C=O) groups excluding carboxylic acids is 1. The van der Waals surface area contributed by atoms with E-state index in [-0.39, 0.29) is 5.75 Å². The van der Waals surface area contributed by atoms with Crippen LogP contribution in [0.1, 0.15) is 5.56 Å². The van der Waals surface area contributed by atoms with Crippen molar-refractivity contribution < 1.29 is 23.0 Å². The second-order valence-electron chi connectivity index (χ2n) is 4.66. The maximum atomic E-state index is 13.1. The first-order valence-electron chi connectivity index (χ1n) is 6.55. The number of esters is 1. The Morgan fingerprint density at radius 1 is 1.09 bits per heavy atom. The van der Waals surface area contributed by atoms with Gasteiger partial charge < -0.3 is 15.2 Å². The van der Waals surface area contributed by atoms with Crippen molar-refractivity contribution in [3.63, 3.8) is 0 Å².